The van der Waals surface area contributed by atoms with Crippen LogP contribution in [0.5, 0.6) is 0 Å². The van der Waals surface area contributed by atoms with E-state index in [9.17, 15) is 4.39 Å². The second-order valence-corrected chi connectivity index (χ2v) is 6.12. The van der Waals surface area contributed by atoms with Gasteiger partial charge in [0, 0.05) is 10.5 Å². The van der Waals surface area contributed by atoms with Crippen LogP contribution in [0.1, 0.15) is 11.1 Å². The third kappa shape index (κ3) is 3.88. The van der Waals surface area contributed by atoms with Gasteiger partial charge < -0.3 is 5.73 Å². The zero-order valence-corrected chi connectivity index (χ0v) is 13.4. The summed E-state index contributed by atoms with van der Waals surface area (Å²) in [5.74, 6) is -0.245. The van der Waals surface area contributed by atoms with Crippen molar-refractivity contribution in [2.24, 2.45) is 5.73 Å². The van der Waals surface area contributed by atoms with Crippen LogP contribution in [0.2, 0.25) is 0 Å². The maximum atomic E-state index is 13.4. The highest BCUT2D eigenvalue weighted by Crippen LogP contribution is 2.23. The molecule has 1 atom stereocenters. The van der Waals surface area contributed by atoms with Crippen molar-refractivity contribution in [3.63, 3.8) is 0 Å². The molecule has 0 fully saturated rings. The standard InChI is InChI=1S/C15H14Br2FN/c16-13-6-2-1-4-10(13)8-12(19)9-11-5-3-7-14(18)15(11)17/h1-7,12H,8-9,19H2. The molecule has 4 heteroatoms. The lowest BCUT2D eigenvalue weighted by molar-refractivity contribution is 0.610. The number of benzene rings is 2. The number of hydrogen-bond donors (Lipinski definition) is 1. The van der Waals surface area contributed by atoms with Gasteiger partial charge in [-0.3, -0.25) is 0 Å². The average molecular weight is 387 g/mol. The Morgan fingerprint density at radius 2 is 1.58 bits per heavy atom. The molecule has 19 heavy (non-hydrogen) atoms. The number of nitrogens with two attached hydrogens (primary N) is 1. The van der Waals surface area contributed by atoms with E-state index in [-0.39, 0.29) is 11.9 Å². The lowest BCUT2D eigenvalue weighted by atomic mass is 10.00. The summed E-state index contributed by atoms with van der Waals surface area (Å²) in [5.41, 5.74) is 8.23. The molecule has 0 heterocycles. The first kappa shape index (κ1) is 14.7. The Hall–Kier alpha value is -0.710. The maximum Gasteiger partial charge on any atom is 0.137 e. The van der Waals surface area contributed by atoms with Gasteiger partial charge in [-0.2, -0.15) is 0 Å². The molecule has 0 saturated carbocycles. The van der Waals surface area contributed by atoms with E-state index in [0.717, 1.165) is 16.5 Å². The van der Waals surface area contributed by atoms with Gasteiger partial charge in [0.05, 0.1) is 4.47 Å². The van der Waals surface area contributed by atoms with Crippen molar-refractivity contribution < 1.29 is 4.39 Å². The van der Waals surface area contributed by atoms with E-state index in [0.29, 0.717) is 10.9 Å². The summed E-state index contributed by atoms with van der Waals surface area (Å²) in [6.45, 7) is 0. The summed E-state index contributed by atoms with van der Waals surface area (Å²) >= 11 is 6.78. The Morgan fingerprint density at radius 3 is 2.32 bits per heavy atom. The van der Waals surface area contributed by atoms with Crippen molar-refractivity contribution in [3.8, 4) is 0 Å². The molecule has 2 aromatic rings. The second kappa shape index (κ2) is 6.64. The summed E-state index contributed by atoms with van der Waals surface area (Å²) in [6, 6.07) is 13.0. The molecule has 1 unspecified atom stereocenters. The lowest BCUT2D eigenvalue weighted by Crippen LogP contribution is -2.26. The van der Waals surface area contributed by atoms with Crippen LogP contribution in [0.4, 0.5) is 4.39 Å². The molecule has 2 aromatic carbocycles. The smallest absolute Gasteiger partial charge is 0.137 e. The SMILES string of the molecule is NC(Cc1ccccc1Br)Cc1cccc(F)c1Br. The van der Waals surface area contributed by atoms with Gasteiger partial charge in [0.25, 0.3) is 0 Å². The minimum absolute atomic E-state index is 0.0446. The molecule has 1 nitrogen and oxygen atoms in total. The van der Waals surface area contributed by atoms with E-state index in [2.05, 4.69) is 31.9 Å². The zero-order chi connectivity index (χ0) is 13.8. The van der Waals surface area contributed by atoms with Crippen LogP contribution in [0.15, 0.2) is 51.4 Å². The summed E-state index contributed by atoms with van der Waals surface area (Å²) in [6.07, 6.45) is 1.39. The highest BCUT2D eigenvalue weighted by Gasteiger charge is 2.11. The minimum atomic E-state index is -0.245. The van der Waals surface area contributed by atoms with Gasteiger partial charge in [0.15, 0.2) is 0 Å². The average Bonchev–Trinajstić information content (AvgIpc) is 2.38. The first-order valence-electron chi connectivity index (χ1n) is 6.00. The third-order valence-corrected chi connectivity index (χ3v) is 4.62. The van der Waals surface area contributed by atoms with Crippen LogP contribution >= 0.6 is 31.9 Å². The van der Waals surface area contributed by atoms with Crippen LogP contribution in [-0.4, -0.2) is 6.04 Å². The van der Waals surface area contributed by atoms with E-state index in [1.165, 1.54) is 11.6 Å². The summed E-state index contributed by atoms with van der Waals surface area (Å²) < 4.78 is 15.0. The first-order valence-corrected chi connectivity index (χ1v) is 7.58. The van der Waals surface area contributed by atoms with Crippen molar-refractivity contribution in [1.82, 2.24) is 0 Å². The highest BCUT2D eigenvalue weighted by atomic mass is 79.9. The van der Waals surface area contributed by atoms with E-state index in [4.69, 9.17) is 5.73 Å². The molecule has 0 amide bonds. The predicted octanol–water partition coefficient (Wildman–Crippen LogP) is 4.46. The molecule has 0 saturated heterocycles. The van der Waals surface area contributed by atoms with Crippen LogP contribution < -0.4 is 5.73 Å². The molecular formula is C15H14Br2FN. The topological polar surface area (TPSA) is 26.0 Å². The molecule has 0 spiro atoms. The molecule has 0 bridgehead atoms. The molecule has 0 aromatic heterocycles. The van der Waals surface area contributed by atoms with Crippen molar-refractivity contribution in [1.29, 1.82) is 0 Å². The van der Waals surface area contributed by atoms with Gasteiger partial charge in [0.2, 0.25) is 0 Å². The quantitative estimate of drug-likeness (QED) is 0.824. The van der Waals surface area contributed by atoms with Gasteiger partial charge in [-0.15, -0.1) is 0 Å². The van der Waals surface area contributed by atoms with Crippen LogP contribution in [0.3, 0.4) is 0 Å². The maximum absolute atomic E-state index is 13.4. The van der Waals surface area contributed by atoms with Gasteiger partial charge >= 0.3 is 0 Å². The normalized spacial score (nSPS) is 12.4. The van der Waals surface area contributed by atoms with Crippen LogP contribution in [-0.2, 0) is 12.8 Å². The molecule has 100 valence electrons. The number of rotatable bonds is 4. The van der Waals surface area contributed by atoms with E-state index in [1.807, 2.05) is 30.3 Å². The molecule has 0 aliphatic rings. The number of hydrogen-bond acceptors (Lipinski definition) is 1. The van der Waals surface area contributed by atoms with E-state index in [1.54, 1.807) is 6.07 Å². The lowest BCUT2D eigenvalue weighted by Gasteiger charge is -2.14. The Morgan fingerprint density at radius 1 is 0.947 bits per heavy atom. The largest absolute Gasteiger partial charge is 0.327 e. The van der Waals surface area contributed by atoms with Crippen LogP contribution in [0, 0.1) is 5.82 Å². The summed E-state index contributed by atoms with van der Waals surface area (Å²) in [7, 11) is 0. The van der Waals surface area contributed by atoms with Gasteiger partial charge in [-0.05, 0) is 52.0 Å². The highest BCUT2D eigenvalue weighted by molar-refractivity contribution is 9.10. The number of halogens is 3. The molecule has 2 N–H and O–H groups in total. The van der Waals surface area contributed by atoms with E-state index >= 15 is 0 Å². The fourth-order valence-corrected chi connectivity index (χ4v) is 2.88. The Bertz CT molecular complexity index is 572. The van der Waals surface area contributed by atoms with Gasteiger partial charge in [-0.25, -0.2) is 4.39 Å². The third-order valence-electron chi connectivity index (χ3n) is 2.95. The van der Waals surface area contributed by atoms with Gasteiger partial charge in [-0.1, -0.05) is 46.3 Å². The predicted molar refractivity (Wildman–Crippen MR) is 83.6 cm³/mol. The van der Waals surface area contributed by atoms with Crippen molar-refractivity contribution in [2.75, 3.05) is 0 Å². The molecule has 0 radical (unpaired) electrons. The Balaban J connectivity index is 2.08. The fourth-order valence-electron chi connectivity index (χ4n) is 2.01. The van der Waals surface area contributed by atoms with Crippen molar-refractivity contribution in [2.45, 2.75) is 18.9 Å². The van der Waals surface area contributed by atoms with Gasteiger partial charge in [0.1, 0.15) is 5.82 Å². The van der Waals surface area contributed by atoms with Crippen molar-refractivity contribution in [3.05, 3.63) is 68.4 Å². The van der Waals surface area contributed by atoms with E-state index < -0.39 is 0 Å². The van der Waals surface area contributed by atoms with Crippen molar-refractivity contribution >= 4 is 31.9 Å². The fraction of sp³-hybridized carbons (Fsp3) is 0.200. The van der Waals surface area contributed by atoms with Crippen LogP contribution in [0.25, 0.3) is 0 Å². The second-order valence-electron chi connectivity index (χ2n) is 4.47. The monoisotopic (exact) mass is 385 g/mol. The first-order chi connectivity index (χ1) is 9.08. The molecule has 0 aliphatic carbocycles. The Kier molecular flexibility index (Phi) is 5.13. The minimum Gasteiger partial charge on any atom is -0.327 e. The summed E-state index contributed by atoms with van der Waals surface area (Å²) in [4.78, 5) is 0. The zero-order valence-electron chi connectivity index (χ0n) is 10.2. The molecule has 0 aliphatic heterocycles. The molecule has 2 rings (SSSR count). The molecular weight excluding hydrogens is 373 g/mol. The summed E-state index contributed by atoms with van der Waals surface area (Å²) in [5, 5.41) is 0. The Labute approximate surface area is 129 Å².